The van der Waals surface area contributed by atoms with Crippen molar-refractivity contribution in [2.75, 3.05) is 13.2 Å². The Labute approximate surface area is 372 Å². The van der Waals surface area contributed by atoms with Gasteiger partial charge in [0.15, 0.2) is 6.10 Å². The molecule has 0 spiro atoms. The number of hydrogen-bond donors (Lipinski definition) is 1. The molecule has 0 saturated heterocycles. The van der Waals surface area contributed by atoms with Crippen LogP contribution in [0.2, 0.25) is 0 Å². The van der Waals surface area contributed by atoms with Gasteiger partial charge in [-0.1, -0.05) is 241 Å². The number of carbonyl (C=O) groups is 2. The van der Waals surface area contributed by atoms with Gasteiger partial charge in [-0.2, -0.15) is 0 Å². The highest BCUT2D eigenvalue weighted by molar-refractivity contribution is 5.70. The van der Waals surface area contributed by atoms with E-state index in [0.717, 1.165) is 83.5 Å². The first-order valence-corrected chi connectivity index (χ1v) is 25.5. The second kappa shape index (κ2) is 50.7. The normalized spacial score (nSPS) is 12.8. The monoisotopic (exact) mass is 837 g/mol. The summed E-state index contributed by atoms with van der Waals surface area (Å²) >= 11 is 0. The smallest absolute Gasteiger partial charge is 0.306 e. The van der Waals surface area contributed by atoms with E-state index in [2.05, 4.69) is 86.8 Å². The number of allylic oxidation sites excluding steroid dienone is 12. The first kappa shape index (κ1) is 57.3. The van der Waals surface area contributed by atoms with Gasteiger partial charge in [-0.15, -0.1) is 0 Å². The molecule has 0 rings (SSSR count). The van der Waals surface area contributed by atoms with E-state index in [1.165, 1.54) is 135 Å². The fraction of sp³-hybridized carbons (Fsp3) is 0.745. The summed E-state index contributed by atoms with van der Waals surface area (Å²) in [6.45, 7) is 4.04. The molecule has 0 heterocycles. The van der Waals surface area contributed by atoms with Crippen LogP contribution in [-0.4, -0.2) is 36.4 Å². The van der Waals surface area contributed by atoms with Crippen LogP contribution >= 0.6 is 0 Å². The topological polar surface area (TPSA) is 72.8 Å². The quantitative estimate of drug-likeness (QED) is 0.0376. The summed E-state index contributed by atoms with van der Waals surface area (Å²) < 4.78 is 10.7. The van der Waals surface area contributed by atoms with Crippen LogP contribution in [0.3, 0.4) is 0 Å². The summed E-state index contributed by atoms with van der Waals surface area (Å²) in [6.07, 6.45) is 68.5. The molecule has 0 aliphatic carbocycles. The third kappa shape index (κ3) is 48.0. The van der Waals surface area contributed by atoms with E-state index in [4.69, 9.17) is 9.47 Å². The Morgan fingerprint density at radius 3 is 1.08 bits per heavy atom. The van der Waals surface area contributed by atoms with Crippen molar-refractivity contribution in [3.63, 3.8) is 0 Å². The van der Waals surface area contributed by atoms with Crippen LogP contribution in [0.25, 0.3) is 0 Å². The SMILES string of the molecule is CC/C=C\C/C=C\C/C=C\C/C=C\C/C=C\C/C=C\CCCCCCCCC(=O)OC(CO)COC(=O)CCCCCCCCCCCCCCCCCCCCCCC. The summed E-state index contributed by atoms with van der Waals surface area (Å²) in [4.78, 5) is 24.5. The summed E-state index contributed by atoms with van der Waals surface area (Å²) in [6, 6.07) is 0. The summed E-state index contributed by atoms with van der Waals surface area (Å²) in [5.41, 5.74) is 0. The Bertz CT molecular complexity index is 1080. The first-order chi connectivity index (χ1) is 29.6. The lowest BCUT2D eigenvalue weighted by atomic mass is 10.0. The maximum absolute atomic E-state index is 12.3. The van der Waals surface area contributed by atoms with Crippen molar-refractivity contribution >= 4 is 11.9 Å². The van der Waals surface area contributed by atoms with Gasteiger partial charge in [-0.3, -0.25) is 9.59 Å². The number of esters is 2. The second-order valence-electron chi connectivity index (χ2n) is 16.9. The van der Waals surface area contributed by atoms with Gasteiger partial charge in [0.05, 0.1) is 6.61 Å². The molecule has 0 aromatic heterocycles. The highest BCUT2D eigenvalue weighted by Gasteiger charge is 2.16. The molecule has 0 aliphatic rings. The van der Waals surface area contributed by atoms with Gasteiger partial charge in [0.1, 0.15) is 6.61 Å². The van der Waals surface area contributed by atoms with Crippen LogP contribution in [0.5, 0.6) is 0 Å². The van der Waals surface area contributed by atoms with Crippen LogP contribution in [0, 0.1) is 0 Å². The number of unbranched alkanes of at least 4 members (excludes halogenated alkanes) is 26. The van der Waals surface area contributed by atoms with E-state index in [0.29, 0.717) is 12.8 Å². The molecule has 346 valence electrons. The summed E-state index contributed by atoms with van der Waals surface area (Å²) in [5.74, 6) is -0.602. The van der Waals surface area contributed by atoms with Crippen molar-refractivity contribution in [1.29, 1.82) is 0 Å². The minimum atomic E-state index is -0.782. The number of hydrogen-bond acceptors (Lipinski definition) is 5. The zero-order valence-corrected chi connectivity index (χ0v) is 39.5. The van der Waals surface area contributed by atoms with E-state index in [1.807, 2.05) is 0 Å². The van der Waals surface area contributed by atoms with Gasteiger partial charge < -0.3 is 14.6 Å². The van der Waals surface area contributed by atoms with Crippen molar-refractivity contribution in [1.82, 2.24) is 0 Å². The van der Waals surface area contributed by atoms with Crippen LogP contribution in [0.1, 0.15) is 245 Å². The molecule has 1 N–H and O–H groups in total. The number of rotatable bonds is 46. The van der Waals surface area contributed by atoms with E-state index >= 15 is 0 Å². The minimum absolute atomic E-state index is 0.0723. The van der Waals surface area contributed by atoms with Crippen molar-refractivity contribution in [2.24, 2.45) is 0 Å². The fourth-order valence-corrected chi connectivity index (χ4v) is 7.21. The van der Waals surface area contributed by atoms with Crippen molar-refractivity contribution in [2.45, 2.75) is 251 Å². The Morgan fingerprint density at radius 2 is 0.717 bits per heavy atom. The standard InChI is InChI=1S/C55H96O5/c1-3-5-7-9-11-13-15-17-19-21-23-25-26-27-28-30-32-34-36-38-40-42-44-46-48-50-55(58)60-53(51-56)52-59-54(57)49-47-45-43-41-39-37-35-33-31-29-24-22-20-18-16-14-12-10-8-6-4-2/h5,7,11,13,17,19,23,25,27-28,32,34,53,56H,3-4,6,8-10,12,14-16,18,20-22,24,26,29-31,33,35-52H2,1-2H3/b7-5-,13-11-,19-17-,25-23-,28-27-,34-32-. The largest absolute Gasteiger partial charge is 0.462 e. The van der Waals surface area contributed by atoms with Gasteiger partial charge in [0, 0.05) is 12.8 Å². The van der Waals surface area contributed by atoms with Crippen LogP contribution in [0.15, 0.2) is 72.9 Å². The molecule has 0 amide bonds. The average molecular weight is 837 g/mol. The lowest BCUT2D eigenvalue weighted by molar-refractivity contribution is -0.161. The molecule has 5 heteroatoms. The highest BCUT2D eigenvalue weighted by Crippen LogP contribution is 2.16. The Kier molecular flexibility index (Phi) is 48.4. The van der Waals surface area contributed by atoms with Crippen LogP contribution in [0.4, 0.5) is 0 Å². The maximum Gasteiger partial charge on any atom is 0.306 e. The van der Waals surface area contributed by atoms with E-state index in [-0.39, 0.29) is 25.2 Å². The predicted octanol–water partition coefficient (Wildman–Crippen LogP) is 16.9. The van der Waals surface area contributed by atoms with Gasteiger partial charge in [0.2, 0.25) is 0 Å². The van der Waals surface area contributed by atoms with Crippen LogP contribution in [-0.2, 0) is 19.1 Å². The van der Waals surface area contributed by atoms with Crippen molar-refractivity contribution < 1.29 is 24.2 Å². The molecule has 1 atom stereocenters. The minimum Gasteiger partial charge on any atom is -0.462 e. The van der Waals surface area contributed by atoms with Crippen molar-refractivity contribution in [3.05, 3.63) is 72.9 Å². The highest BCUT2D eigenvalue weighted by atomic mass is 16.6. The van der Waals surface area contributed by atoms with Crippen molar-refractivity contribution in [3.8, 4) is 0 Å². The second-order valence-corrected chi connectivity index (χ2v) is 16.9. The Morgan fingerprint density at radius 1 is 0.400 bits per heavy atom. The van der Waals surface area contributed by atoms with E-state index in [9.17, 15) is 14.7 Å². The zero-order valence-electron chi connectivity index (χ0n) is 39.5. The molecule has 0 aromatic rings. The number of carbonyl (C=O) groups excluding carboxylic acids is 2. The zero-order chi connectivity index (χ0) is 43.5. The number of aliphatic hydroxyl groups excluding tert-OH is 1. The molecule has 60 heavy (non-hydrogen) atoms. The van der Waals surface area contributed by atoms with Gasteiger partial charge >= 0.3 is 11.9 Å². The van der Waals surface area contributed by atoms with E-state index < -0.39 is 6.10 Å². The molecule has 1 unspecified atom stereocenters. The summed E-state index contributed by atoms with van der Waals surface area (Å²) in [5, 5.41) is 9.63. The molecular formula is C55H96O5. The average Bonchev–Trinajstić information content (AvgIpc) is 3.25. The number of ether oxygens (including phenoxy) is 2. The van der Waals surface area contributed by atoms with E-state index in [1.54, 1.807) is 0 Å². The van der Waals surface area contributed by atoms with Gasteiger partial charge in [-0.05, 0) is 64.2 Å². The van der Waals surface area contributed by atoms with Gasteiger partial charge in [0.25, 0.3) is 0 Å². The third-order valence-electron chi connectivity index (χ3n) is 11.0. The Hall–Kier alpha value is -2.66. The summed E-state index contributed by atoms with van der Waals surface area (Å²) in [7, 11) is 0. The molecule has 0 aromatic carbocycles. The molecule has 0 bridgehead atoms. The maximum atomic E-state index is 12.3. The third-order valence-corrected chi connectivity index (χ3v) is 11.0. The number of aliphatic hydroxyl groups is 1. The Balaban J connectivity index is 3.55. The predicted molar refractivity (Wildman–Crippen MR) is 260 cm³/mol. The molecule has 5 nitrogen and oxygen atoms in total. The lowest BCUT2D eigenvalue weighted by Crippen LogP contribution is -2.28. The molecule has 0 aliphatic heterocycles. The van der Waals surface area contributed by atoms with Crippen LogP contribution < -0.4 is 0 Å². The van der Waals surface area contributed by atoms with Gasteiger partial charge in [-0.25, -0.2) is 0 Å². The molecule has 0 fully saturated rings. The molecule has 0 saturated carbocycles. The first-order valence-electron chi connectivity index (χ1n) is 25.5. The fourth-order valence-electron chi connectivity index (χ4n) is 7.21. The molecule has 0 radical (unpaired) electrons. The lowest BCUT2D eigenvalue weighted by Gasteiger charge is -2.15. The molecular weight excluding hydrogens is 741 g/mol.